The highest BCUT2D eigenvalue weighted by Gasteiger charge is 2.27. The molecule has 0 aliphatic heterocycles. The molecule has 0 radical (unpaired) electrons. The quantitative estimate of drug-likeness (QED) is 0.533. The number of hydrogen-bond donors (Lipinski definition) is 2. The zero-order chi connectivity index (χ0) is 14.0. The summed E-state index contributed by atoms with van der Waals surface area (Å²) >= 11 is 0. The van der Waals surface area contributed by atoms with Crippen LogP contribution < -0.4 is 11.1 Å². The summed E-state index contributed by atoms with van der Waals surface area (Å²) in [6.45, 7) is 7.81. The molecule has 0 aromatic heterocycles. The van der Waals surface area contributed by atoms with Crippen LogP contribution in [0.5, 0.6) is 0 Å². The largest absolute Gasteiger partial charge is 0.383 e. The van der Waals surface area contributed by atoms with Crippen LogP contribution in [0, 0.1) is 0 Å². The van der Waals surface area contributed by atoms with Crippen molar-refractivity contribution >= 4 is 5.91 Å². The molecule has 0 bridgehead atoms. The van der Waals surface area contributed by atoms with E-state index in [9.17, 15) is 4.79 Å². The van der Waals surface area contributed by atoms with E-state index in [-0.39, 0.29) is 5.91 Å². The molecule has 0 heterocycles. The molecule has 1 amide bonds. The SMILES string of the molecule is CCN(CCCCC(C)(NC)C(N)=O)CCOC. The Kier molecular flexibility index (Phi) is 8.97. The molecule has 18 heavy (non-hydrogen) atoms. The predicted molar refractivity (Wildman–Crippen MR) is 74.5 cm³/mol. The van der Waals surface area contributed by atoms with Crippen LogP contribution in [-0.4, -0.2) is 56.7 Å². The second kappa shape index (κ2) is 9.30. The molecule has 0 aliphatic carbocycles. The Labute approximate surface area is 111 Å². The van der Waals surface area contributed by atoms with Crippen molar-refractivity contribution in [1.82, 2.24) is 10.2 Å². The first-order valence-corrected chi connectivity index (χ1v) is 6.70. The van der Waals surface area contributed by atoms with E-state index in [1.807, 2.05) is 6.92 Å². The van der Waals surface area contributed by atoms with Crippen LogP contribution in [0.4, 0.5) is 0 Å². The van der Waals surface area contributed by atoms with E-state index in [2.05, 4.69) is 17.1 Å². The summed E-state index contributed by atoms with van der Waals surface area (Å²) in [6.07, 6.45) is 2.84. The van der Waals surface area contributed by atoms with Gasteiger partial charge in [-0.25, -0.2) is 0 Å². The number of nitrogens with one attached hydrogen (secondary N) is 1. The van der Waals surface area contributed by atoms with Gasteiger partial charge in [0.25, 0.3) is 0 Å². The van der Waals surface area contributed by atoms with Gasteiger partial charge in [0.05, 0.1) is 12.1 Å². The maximum atomic E-state index is 11.3. The van der Waals surface area contributed by atoms with Crippen LogP contribution in [0.25, 0.3) is 0 Å². The molecular formula is C13H29N3O2. The second-order valence-electron chi connectivity index (χ2n) is 4.83. The van der Waals surface area contributed by atoms with E-state index < -0.39 is 5.54 Å². The van der Waals surface area contributed by atoms with Gasteiger partial charge >= 0.3 is 0 Å². The molecule has 1 unspecified atom stereocenters. The van der Waals surface area contributed by atoms with Crippen molar-refractivity contribution in [3.05, 3.63) is 0 Å². The van der Waals surface area contributed by atoms with Crippen LogP contribution in [0.1, 0.15) is 33.1 Å². The number of likely N-dealkylation sites (N-methyl/N-ethyl adjacent to an activating group) is 2. The lowest BCUT2D eigenvalue weighted by atomic mass is 9.94. The van der Waals surface area contributed by atoms with Crippen LogP contribution >= 0.6 is 0 Å². The molecule has 0 rings (SSSR count). The Morgan fingerprint density at radius 1 is 1.39 bits per heavy atom. The number of unbranched alkanes of at least 4 members (excludes halogenated alkanes) is 1. The number of nitrogens with zero attached hydrogens (tertiary/aromatic N) is 1. The summed E-state index contributed by atoms with van der Waals surface area (Å²) in [7, 11) is 3.50. The van der Waals surface area contributed by atoms with Gasteiger partial charge in [0.15, 0.2) is 0 Å². The molecule has 0 aromatic carbocycles. The molecular weight excluding hydrogens is 230 g/mol. The smallest absolute Gasteiger partial charge is 0.237 e. The van der Waals surface area contributed by atoms with Gasteiger partial charge in [-0.3, -0.25) is 4.79 Å². The van der Waals surface area contributed by atoms with Crippen molar-refractivity contribution in [2.24, 2.45) is 5.73 Å². The molecule has 0 aromatic rings. The molecule has 3 N–H and O–H groups in total. The Bertz CT molecular complexity index is 236. The van der Waals surface area contributed by atoms with Gasteiger partial charge in [-0.05, 0) is 46.3 Å². The van der Waals surface area contributed by atoms with Crippen LogP contribution in [0.2, 0.25) is 0 Å². The zero-order valence-corrected chi connectivity index (χ0v) is 12.3. The number of carbonyl (C=O) groups excluding carboxylic acids is 1. The van der Waals surface area contributed by atoms with Crippen molar-refractivity contribution in [3.8, 4) is 0 Å². The first kappa shape index (κ1) is 17.4. The minimum Gasteiger partial charge on any atom is -0.383 e. The molecule has 0 saturated carbocycles. The molecule has 5 heteroatoms. The fourth-order valence-electron chi connectivity index (χ4n) is 1.83. The molecule has 108 valence electrons. The first-order chi connectivity index (χ1) is 8.50. The number of methoxy groups -OCH3 is 1. The highest BCUT2D eigenvalue weighted by molar-refractivity contribution is 5.84. The monoisotopic (exact) mass is 259 g/mol. The molecule has 0 aliphatic rings. The average Bonchev–Trinajstić information content (AvgIpc) is 2.37. The molecule has 5 nitrogen and oxygen atoms in total. The summed E-state index contributed by atoms with van der Waals surface area (Å²) < 4.78 is 5.07. The summed E-state index contributed by atoms with van der Waals surface area (Å²) in [5.74, 6) is -0.281. The number of amides is 1. The van der Waals surface area contributed by atoms with Gasteiger partial charge < -0.3 is 20.7 Å². The highest BCUT2D eigenvalue weighted by Crippen LogP contribution is 2.13. The van der Waals surface area contributed by atoms with Crippen molar-refractivity contribution in [2.75, 3.05) is 40.4 Å². The number of nitrogens with two attached hydrogens (primary N) is 1. The van der Waals surface area contributed by atoms with E-state index in [4.69, 9.17) is 10.5 Å². The van der Waals surface area contributed by atoms with E-state index in [0.29, 0.717) is 0 Å². The van der Waals surface area contributed by atoms with Gasteiger partial charge in [-0.15, -0.1) is 0 Å². The zero-order valence-electron chi connectivity index (χ0n) is 12.3. The Balaban J connectivity index is 3.86. The number of hydrogen-bond acceptors (Lipinski definition) is 4. The number of rotatable bonds is 11. The van der Waals surface area contributed by atoms with Crippen molar-refractivity contribution in [1.29, 1.82) is 0 Å². The lowest BCUT2D eigenvalue weighted by Gasteiger charge is -2.26. The van der Waals surface area contributed by atoms with Crippen molar-refractivity contribution < 1.29 is 9.53 Å². The fourth-order valence-corrected chi connectivity index (χ4v) is 1.83. The summed E-state index contributed by atoms with van der Waals surface area (Å²) in [5, 5.41) is 3.01. The maximum absolute atomic E-state index is 11.3. The van der Waals surface area contributed by atoms with Gasteiger partial charge in [-0.2, -0.15) is 0 Å². The summed E-state index contributed by atoms with van der Waals surface area (Å²) in [5.41, 5.74) is 4.81. The number of primary amides is 1. The second-order valence-corrected chi connectivity index (χ2v) is 4.83. The van der Waals surface area contributed by atoms with E-state index >= 15 is 0 Å². The third-order valence-corrected chi connectivity index (χ3v) is 3.56. The van der Waals surface area contributed by atoms with Gasteiger partial charge in [-0.1, -0.05) is 6.92 Å². The van der Waals surface area contributed by atoms with Crippen molar-refractivity contribution in [2.45, 2.75) is 38.6 Å². The Morgan fingerprint density at radius 3 is 2.50 bits per heavy atom. The van der Waals surface area contributed by atoms with E-state index in [1.54, 1.807) is 14.2 Å². The van der Waals surface area contributed by atoms with Crippen LogP contribution in [0.3, 0.4) is 0 Å². The third-order valence-electron chi connectivity index (χ3n) is 3.56. The lowest BCUT2D eigenvalue weighted by molar-refractivity contribution is -0.123. The maximum Gasteiger partial charge on any atom is 0.237 e. The van der Waals surface area contributed by atoms with Crippen LogP contribution in [0.15, 0.2) is 0 Å². The lowest BCUT2D eigenvalue weighted by Crippen LogP contribution is -2.51. The molecule has 0 saturated heterocycles. The minimum atomic E-state index is -0.580. The summed E-state index contributed by atoms with van der Waals surface area (Å²) in [4.78, 5) is 13.7. The Morgan fingerprint density at radius 2 is 2.06 bits per heavy atom. The normalized spacial score (nSPS) is 14.7. The first-order valence-electron chi connectivity index (χ1n) is 6.70. The van der Waals surface area contributed by atoms with Gasteiger partial charge in [0.2, 0.25) is 5.91 Å². The van der Waals surface area contributed by atoms with E-state index in [0.717, 1.165) is 45.5 Å². The predicted octanol–water partition coefficient (Wildman–Crippen LogP) is 0.588. The topological polar surface area (TPSA) is 67.6 Å². The highest BCUT2D eigenvalue weighted by atomic mass is 16.5. The summed E-state index contributed by atoms with van der Waals surface area (Å²) in [6, 6.07) is 0. The third kappa shape index (κ3) is 6.33. The molecule has 1 atom stereocenters. The average molecular weight is 259 g/mol. The molecule has 0 spiro atoms. The number of ether oxygens (including phenoxy) is 1. The van der Waals surface area contributed by atoms with Crippen LogP contribution in [-0.2, 0) is 9.53 Å². The van der Waals surface area contributed by atoms with Gasteiger partial charge in [0.1, 0.15) is 0 Å². The Hall–Kier alpha value is -0.650. The number of carbonyl (C=O) groups is 1. The van der Waals surface area contributed by atoms with Gasteiger partial charge in [0, 0.05) is 13.7 Å². The fraction of sp³-hybridized carbons (Fsp3) is 0.923. The standard InChI is InChI=1S/C13H29N3O2/c1-5-16(10-11-18-4)9-7-6-8-13(2,15-3)12(14)17/h15H,5-11H2,1-4H3,(H2,14,17). The molecule has 0 fully saturated rings. The van der Waals surface area contributed by atoms with E-state index in [1.165, 1.54) is 0 Å². The van der Waals surface area contributed by atoms with Crippen molar-refractivity contribution in [3.63, 3.8) is 0 Å². The minimum absolute atomic E-state index is 0.281.